The Balaban J connectivity index is 1.65. The molecule has 1 amide bonds. The van der Waals surface area contributed by atoms with E-state index in [1.807, 2.05) is 43.5 Å². The van der Waals surface area contributed by atoms with Crippen molar-refractivity contribution in [2.75, 3.05) is 0 Å². The lowest BCUT2D eigenvalue weighted by atomic mass is 10.1. The van der Waals surface area contributed by atoms with Gasteiger partial charge in [0, 0.05) is 30.4 Å². The Labute approximate surface area is 148 Å². The zero-order valence-electron chi connectivity index (χ0n) is 15.3. The molecular formula is C20H24N4O. The molecule has 0 radical (unpaired) electrons. The van der Waals surface area contributed by atoms with Crippen LogP contribution in [0.15, 0.2) is 30.3 Å². The van der Waals surface area contributed by atoms with Gasteiger partial charge in [-0.3, -0.25) is 4.79 Å². The first-order valence-electron chi connectivity index (χ1n) is 8.59. The second-order valence-corrected chi connectivity index (χ2v) is 6.58. The van der Waals surface area contributed by atoms with E-state index in [9.17, 15) is 4.79 Å². The maximum atomic E-state index is 12.2. The third kappa shape index (κ3) is 3.87. The summed E-state index contributed by atoms with van der Waals surface area (Å²) >= 11 is 0. The van der Waals surface area contributed by atoms with Crippen LogP contribution < -0.4 is 5.32 Å². The zero-order valence-corrected chi connectivity index (χ0v) is 15.3. The summed E-state index contributed by atoms with van der Waals surface area (Å²) in [7, 11) is 0. The SMILES string of the molecule is Cc1cccc(CNC(=O)CCc2c(C)nc3cc(C)nn3c2C)c1. The van der Waals surface area contributed by atoms with Gasteiger partial charge in [0.25, 0.3) is 0 Å². The molecule has 1 aromatic carbocycles. The predicted octanol–water partition coefficient (Wildman–Crippen LogP) is 3.21. The number of aryl methyl sites for hydroxylation is 4. The number of aromatic nitrogens is 3. The van der Waals surface area contributed by atoms with Crippen LogP contribution in [0, 0.1) is 27.7 Å². The molecule has 0 aliphatic heterocycles. The zero-order chi connectivity index (χ0) is 18.0. The summed E-state index contributed by atoms with van der Waals surface area (Å²) in [5, 5.41) is 7.47. The topological polar surface area (TPSA) is 59.3 Å². The van der Waals surface area contributed by atoms with Crippen LogP contribution in [-0.4, -0.2) is 20.5 Å². The summed E-state index contributed by atoms with van der Waals surface area (Å²) in [6.07, 6.45) is 1.11. The van der Waals surface area contributed by atoms with Gasteiger partial charge in [-0.25, -0.2) is 9.50 Å². The molecule has 5 heteroatoms. The van der Waals surface area contributed by atoms with E-state index >= 15 is 0 Å². The highest BCUT2D eigenvalue weighted by molar-refractivity contribution is 5.76. The first-order valence-corrected chi connectivity index (χ1v) is 8.59. The fourth-order valence-electron chi connectivity index (χ4n) is 3.15. The number of amides is 1. The van der Waals surface area contributed by atoms with Crippen molar-refractivity contribution < 1.29 is 4.79 Å². The van der Waals surface area contributed by atoms with Crippen molar-refractivity contribution in [3.8, 4) is 0 Å². The molecular weight excluding hydrogens is 312 g/mol. The molecule has 0 aliphatic rings. The number of carbonyl (C=O) groups excluding carboxylic acids is 1. The second-order valence-electron chi connectivity index (χ2n) is 6.58. The minimum absolute atomic E-state index is 0.0528. The van der Waals surface area contributed by atoms with Crippen LogP contribution in [0.5, 0.6) is 0 Å². The fraction of sp³-hybridized carbons (Fsp3) is 0.350. The van der Waals surface area contributed by atoms with Crippen molar-refractivity contribution in [1.29, 1.82) is 0 Å². The van der Waals surface area contributed by atoms with Gasteiger partial charge < -0.3 is 5.32 Å². The Bertz CT molecular complexity index is 927. The Morgan fingerprint density at radius 2 is 1.96 bits per heavy atom. The lowest BCUT2D eigenvalue weighted by Gasteiger charge is -2.11. The van der Waals surface area contributed by atoms with Crippen LogP contribution >= 0.6 is 0 Å². The molecule has 0 fully saturated rings. The van der Waals surface area contributed by atoms with Gasteiger partial charge in [0.05, 0.1) is 5.69 Å². The largest absolute Gasteiger partial charge is 0.352 e. The average Bonchev–Trinajstić information content (AvgIpc) is 2.93. The summed E-state index contributed by atoms with van der Waals surface area (Å²) in [6.45, 7) is 8.61. The number of benzene rings is 1. The van der Waals surface area contributed by atoms with E-state index in [2.05, 4.69) is 34.5 Å². The van der Waals surface area contributed by atoms with Crippen molar-refractivity contribution in [3.63, 3.8) is 0 Å². The van der Waals surface area contributed by atoms with Crippen molar-refractivity contribution in [3.05, 3.63) is 64.1 Å². The highest BCUT2D eigenvalue weighted by Gasteiger charge is 2.12. The number of nitrogens with zero attached hydrogens (tertiary/aromatic N) is 3. The van der Waals surface area contributed by atoms with E-state index in [-0.39, 0.29) is 5.91 Å². The van der Waals surface area contributed by atoms with Gasteiger partial charge >= 0.3 is 0 Å². The number of nitrogens with one attached hydrogen (secondary N) is 1. The minimum Gasteiger partial charge on any atom is -0.352 e. The maximum absolute atomic E-state index is 12.2. The molecule has 0 spiro atoms. The quantitative estimate of drug-likeness (QED) is 0.778. The van der Waals surface area contributed by atoms with E-state index in [4.69, 9.17) is 0 Å². The van der Waals surface area contributed by atoms with Crippen LogP contribution in [0.4, 0.5) is 0 Å². The van der Waals surface area contributed by atoms with Crippen LogP contribution in [-0.2, 0) is 17.8 Å². The van der Waals surface area contributed by atoms with Crippen LogP contribution in [0.1, 0.15) is 40.2 Å². The van der Waals surface area contributed by atoms with Crippen molar-refractivity contribution in [2.45, 2.75) is 47.1 Å². The molecule has 0 unspecified atom stereocenters. The normalized spacial score (nSPS) is 11.0. The van der Waals surface area contributed by atoms with Gasteiger partial charge in [-0.15, -0.1) is 0 Å². The van der Waals surface area contributed by atoms with E-state index in [0.29, 0.717) is 19.4 Å². The van der Waals surface area contributed by atoms with Gasteiger partial charge in [0.2, 0.25) is 5.91 Å². The van der Waals surface area contributed by atoms with E-state index in [1.54, 1.807) is 0 Å². The molecule has 5 nitrogen and oxygen atoms in total. The smallest absolute Gasteiger partial charge is 0.220 e. The number of fused-ring (bicyclic) bond motifs is 1. The molecule has 0 saturated carbocycles. The second kappa shape index (κ2) is 7.05. The maximum Gasteiger partial charge on any atom is 0.220 e. The lowest BCUT2D eigenvalue weighted by Crippen LogP contribution is -2.23. The molecule has 1 N–H and O–H groups in total. The highest BCUT2D eigenvalue weighted by atomic mass is 16.1. The third-order valence-electron chi connectivity index (χ3n) is 4.46. The summed E-state index contributed by atoms with van der Waals surface area (Å²) in [5.41, 5.74) is 7.26. The molecule has 0 saturated heterocycles. The Hall–Kier alpha value is -2.69. The molecule has 25 heavy (non-hydrogen) atoms. The summed E-state index contributed by atoms with van der Waals surface area (Å²) in [6, 6.07) is 10.2. The minimum atomic E-state index is 0.0528. The molecule has 0 atom stereocenters. The van der Waals surface area contributed by atoms with Gasteiger partial charge in [-0.05, 0) is 45.2 Å². The van der Waals surface area contributed by atoms with E-state index in [0.717, 1.165) is 33.9 Å². The molecule has 2 heterocycles. The van der Waals surface area contributed by atoms with Crippen LogP contribution in [0.2, 0.25) is 0 Å². The van der Waals surface area contributed by atoms with Gasteiger partial charge in [-0.2, -0.15) is 5.10 Å². The number of carbonyl (C=O) groups is 1. The van der Waals surface area contributed by atoms with E-state index < -0.39 is 0 Å². The molecule has 0 aliphatic carbocycles. The number of rotatable bonds is 5. The van der Waals surface area contributed by atoms with E-state index in [1.165, 1.54) is 5.56 Å². The highest BCUT2D eigenvalue weighted by Crippen LogP contribution is 2.17. The lowest BCUT2D eigenvalue weighted by molar-refractivity contribution is -0.121. The summed E-state index contributed by atoms with van der Waals surface area (Å²) < 4.78 is 1.86. The summed E-state index contributed by atoms with van der Waals surface area (Å²) in [5.74, 6) is 0.0528. The molecule has 0 bridgehead atoms. The average molecular weight is 336 g/mol. The first kappa shape index (κ1) is 17.1. The van der Waals surface area contributed by atoms with Crippen molar-refractivity contribution >= 4 is 11.6 Å². The van der Waals surface area contributed by atoms with Gasteiger partial charge in [0.1, 0.15) is 0 Å². The van der Waals surface area contributed by atoms with Crippen molar-refractivity contribution in [2.24, 2.45) is 0 Å². The monoisotopic (exact) mass is 336 g/mol. The third-order valence-corrected chi connectivity index (χ3v) is 4.46. The summed E-state index contributed by atoms with van der Waals surface area (Å²) in [4.78, 5) is 16.8. The van der Waals surface area contributed by atoms with Gasteiger partial charge in [0.15, 0.2) is 5.65 Å². The van der Waals surface area contributed by atoms with Crippen LogP contribution in [0.3, 0.4) is 0 Å². The molecule has 130 valence electrons. The number of hydrogen-bond acceptors (Lipinski definition) is 3. The Kier molecular flexibility index (Phi) is 4.83. The standard InChI is InChI=1S/C20H24N4O/c1-13-6-5-7-17(10-13)12-21-20(25)9-8-18-15(3)22-19-11-14(2)23-24(19)16(18)4/h5-7,10-11H,8-9,12H2,1-4H3,(H,21,25). The Morgan fingerprint density at radius 3 is 2.72 bits per heavy atom. The van der Waals surface area contributed by atoms with Crippen LogP contribution in [0.25, 0.3) is 5.65 Å². The van der Waals surface area contributed by atoms with Gasteiger partial charge in [-0.1, -0.05) is 29.8 Å². The predicted molar refractivity (Wildman–Crippen MR) is 98.5 cm³/mol. The first-order chi connectivity index (χ1) is 11.9. The fourth-order valence-corrected chi connectivity index (χ4v) is 3.15. The Morgan fingerprint density at radius 1 is 1.16 bits per heavy atom. The molecule has 3 aromatic rings. The van der Waals surface area contributed by atoms with Crippen molar-refractivity contribution in [1.82, 2.24) is 19.9 Å². The molecule has 2 aromatic heterocycles. The molecule has 3 rings (SSSR count). The number of hydrogen-bond donors (Lipinski definition) is 1.